The Morgan fingerprint density at radius 3 is 1.82 bits per heavy atom. The highest BCUT2D eigenvalue weighted by Gasteiger charge is 2.08. The largest absolute Gasteiger partial charge is 0.341 e. The summed E-state index contributed by atoms with van der Waals surface area (Å²) >= 11 is 0. The van der Waals surface area contributed by atoms with Gasteiger partial charge in [-0.05, 0) is 37.1 Å². The number of nitrogens with zero attached hydrogens (tertiary/aromatic N) is 1. The first-order valence-corrected chi connectivity index (χ1v) is 9.10. The van der Waals surface area contributed by atoms with E-state index >= 15 is 0 Å². The Bertz CT molecular complexity index is 617. The van der Waals surface area contributed by atoms with Gasteiger partial charge in [-0.15, -0.1) is 0 Å². The molecule has 0 radical (unpaired) electrons. The molecule has 0 bridgehead atoms. The Hall–Kier alpha value is -1.85. The zero-order valence-corrected chi connectivity index (χ0v) is 13.5. The monoisotopic (exact) mass is 319 g/mol. The first-order chi connectivity index (χ1) is 10.6. The molecule has 0 aliphatic rings. The van der Waals surface area contributed by atoms with Crippen LogP contribution in [0.15, 0.2) is 60.7 Å². The minimum Gasteiger partial charge on any atom is -0.341 e. The second-order valence-corrected chi connectivity index (χ2v) is 6.70. The summed E-state index contributed by atoms with van der Waals surface area (Å²) in [7, 11) is -3.34. The minimum absolute atomic E-state index is 0.232. The molecular formula is C17H21NO3S. The van der Waals surface area contributed by atoms with Gasteiger partial charge in [-0.2, -0.15) is 8.42 Å². The van der Waals surface area contributed by atoms with Crippen LogP contribution < -0.4 is 4.90 Å². The molecular weight excluding hydrogens is 298 g/mol. The summed E-state index contributed by atoms with van der Waals surface area (Å²) in [6.45, 7) is 1.04. The molecule has 0 saturated heterocycles. The molecule has 0 aliphatic heterocycles. The molecule has 0 aliphatic carbocycles. The first-order valence-electron chi connectivity index (χ1n) is 7.28. The van der Waals surface area contributed by atoms with Crippen molar-refractivity contribution < 1.29 is 12.6 Å². The van der Waals surface area contributed by atoms with Crippen LogP contribution in [0.3, 0.4) is 0 Å². The fourth-order valence-electron chi connectivity index (χ4n) is 2.21. The van der Waals surface area contributed by atoms with Gasteiger partial charge in [0.1, 0.15) is 0 Å². The third-order valence-electron chi connectivity index (χ3n) is 3.21. The van der Waals surface area contributed by atoms with Crippen molar-refractivity contribution in [2.75, 3.05) is 24.3 Å². The van der Waals surface area contributed by atoms with Crippen molar-refractivity contribution in [3.8, 4) is 0 Å². The lowest BCUT2D eigenvalue weighted by Gasteiger charge is -2.25. The Morgan fingerprint density at radius 2 is 1.36 bits per heavy atom. The predicted molar refractivity (Wildman–Crippen MR) is 89.9 cm³/mol. The zero-order valence-electron chi connectivity index (χ0n) is 12.7. The number of hydrogen-bond donors (Lipinski definition) is 0. The van der Waals surface area contributed by atoms with Crippen LogP contribution >= 0.6 is 0 Å². The zero-order chi connectivity index (χ0) is 15.8. The molecule has 22 heavy (non-hydrogen) atoms. The summed E-state index contributed by atoms with van der Waals surface area (Å²) in [6.07, 6.45) is 2.62. The van der Waals surface area contributed by atoms with Crippen LogP contribution in [0.2, 0.25) is 0 Å². The third kappa shape index (κ3) is 5.50. The summed E-state index contributed by atoms with van der Waals surface area (Å²) in [6, 6.07) is 20.3. The molecule has 0 saturated carbocycles. The van der Waals surface area contributed by atoms with Gasteiger partial charge in [0, 0.05) is 17.9 Å². The molecule has 2 aromatic rings. The lowest BCUT2D eigenvalue weighted by atomic mass is 10.2. The Balaban J connectivity index is 1.98. The van der Waals surface area contributed by atoms with Gasteiger partial charge < -0.3 is 4.90 Å². The number of anilines is 2. The third-order valence-corrected chi connectivity index (χ3v) is 3.80. The maximum Gasteiger partial charge on any atom is 0.264 e. The molecule has 0 amide bonds. The normalized spacial score (nSPS) is 11.3. The summed E-state index contributed by atoms with van der Waals surface area (Å²) in [5, 5.41) is 0. The van der Waals surface area contributed by atoms with E-state index in [0.717, 1.165) is 30.6 Å². The molecule has 118 valence electrons. The Morgan fingerprint density at radius 1 is 0.864 bits per heavy atom. The number of unbranched alkanes of at least 4 members (excludes halogenated alkanes) is 1. The van der Waals surface area contributed by atoms with Gasteiger partial charge in [0.25, 0.3) is 10.1 Å². The highest BCUT2D eigenvalue weighted by Crippen LogP contribution is 2.25. The molecule has 0 aromatic heterocycles. The Labute approximate surface area is 132 Å². The second-order valence-electron chi connectivity index (χ2n) is 5.06. The van der Waals surface area contributed by atoms with E-state index in [1.165, 1.54) is 0 Å². The summed E-state index contributed by atoms with van der Waals surface area (Å²) in [5.41, 5.74) is 2.25. The lowest BCUT2D eigenvalue weighted by molar-refractivity contribution is 0.313. The van der Waals surface area contributed by atoms with Gasteiger partial charge in [-0.1, -0.05) is 36.4 Å². The lowest BCUT2D eigenvalue weighted by Crippen LogP contribution is -2.18. The highest BCUT2D eigenvalue weighted by molar-refractivity contribution is 7.85. The van der Waals surface area contributed by atoms with Crippen molar-refractivity contribution in [2.24, 2.45) is 0 Å². The maximum atomic E-state index is 10.9. The van der Waals surface area contributed by atoms with Crippen LogP contribution in [0.1, 0.15) is 12.8 Å². The van der Waals surface area contributed by atoms with Crippen LogP contribution in [0.4, 0.5) is 11.4 Å². The van der Waals surface area contributed by atoms with Crippen molar-refractivity contribution in [1.82, 2.24) is 0 Å². The topological polar surface area (TPSA) is 46.6 Å². The fourth-order valence-corrected chi connectivity index (χ4v) is 2.63. The van der Waals surface area contributed by atoms with Crippen molar-refractivity contribution in [2.45, 2.75) is 12.8 Å². The van der Waals surface area contributed by atoms with Gasteiger partial charge in [0.15, 0.2) is 0 Å². The van der Waals surface area contributed by atoms with Crippen LogP contribution in [-0.4, -0.2) is 27.8 Å². The van der Waals surface area contributed by atoms with E-state index < -0.39 is 10.1 Å². The first kappa shape index (κ1) is 16.5. The van der Waals surface area contributed by atoms with Crippen LogP contribution in [-0.2, 0) is 14.3 Å². The molecule has 0 N–H and O–H groups in total. The van der Waals surface area contributed by atoms with Gasteiger partial charge in [-0.3, -0.25) is 4.18 Å². The van der Waals surface area contributed by atoms with Gasteiger partial charge in [-0.25, -0.2) is 0 Å². The molecule has 5 heteroatoms. The number of rotatable bonds is 8. The molecule has 0 fully saturated rings. The van der Waals surface area contributed by atoms with Gasteiger partial charge >= 0.3 is 0 Å². The van der Waals surface area contributed by atoms with E-state index in [1.54, 1.807) is 0 Å². The van der Waals surface area contributed by atoms with Crippen LogP contribution in [0, 0.1) is 0 Å². The average Bonchev–Trinajstić information content (AvgIpc) is 2.51. The molecule has 4 nitrogen and oxygen atoms in total. The van der Waals surface area contributed by atoms with E-state index in [2.05, 4.69) is 29.2 Å². The average molecular weight is 319 g/mol. The molecule has 0 spiro atoms. The molecule has 0 atom stereocenters. The van der Waals surface area contributed by atoms with Crippen molar-refractivity contribution >= 4 is 21.5 Å². The van der Waals surface area contributed by atoms with E-state index in [-0.39, 0.29) is 6.61 Å². The quantitative estimate of drug-likeness (QED) is 0.551. The fraction of sp³-hybridized carbons (Fsp3) is 0.294. The SMILES string of the molecule is CS(=O)(=O)OCCCCN(c1ccccc1)c1ccccc1. The van der Waals surface area contributed by atoms with E-state index in [4.69, 9.17) is 4.18 Å². The second kappa shape index (κ2) is 7.96. The van der Waals surface area contributed by atoms with Crippen molar-refractivity contribution in [3.63, 3.8) is 0 Å². The standard InChI is InChI=1S/C17H21NO3S/c1-22(19,20)21-15-9-8-14-18(16-10-4-2-5-11-16)17-12-6-3-7-13-17/h2-7,10-13H,8-9,14-15H2,1H3. The summed E-state index contributed by atoms with van der Waals surface area (Å²) in [4.78, 5) is 2.22. The van der Waals surface area contributed by atoms with Gasteiger partial charge in [0.05, 0.1) is 12.9 Å². The molecule has 2 rings (SSSR count). The van der Waals surface area contributed by atoms with Crippen molar-refractivity contribution in [3.05, 3.63) is 60.7 Å². The number of hydrogen-bond acceptors (Lipinski definition) is 4. The van der Waals surface area contributed by atoms with Crippen LogP contribution in [0.5, 0.6) is 0 Å². The Kier molecular flexibility index (Phi) is 5.98. The molecule has 0 unspecified atom stereocenters. The van der Waals surface area contributed by atoms with E-state index in [9.17, 15) is 8.42 Å². The highest BCUT2D eigenvalue weighted by atomic mass is 32.2. The summed E-state index contributed by atoms with van der Waals surface area (Å²) < 4.78 is 26.7. The minimum atomic E-state index is -3.34. The van der Waals surface area contributed by atoms with Crippen LogP contribution in [0.25, 0.3) is 0 Å². The van der Waals surface area contributed by atoms with Gasteiger partial charge in [0.2, 0.25) is 0 Å². The number of benzene rings is 2. The summed E-state index contributed by atoms with van der Waals surface area (Å²) in [5.74, 6) is 0. The smallest absolute Gasteiger partial charge is 0.264 e. The molecule has 2 aromatic carbocycles. The van der Waals surface area contributed by atoms with E-state index in [0.29, 0.717) is 6.42 Å². The molecule has 0 heterocycles. The van der Waals surface area contributed by atoms with Crippen molar-refractivity contribution in [1.29, 1.82) is 0 Å². The predicted octanol–water partition coefficient (Wildman–Crippen LogP) is 3.58. The maximum absolute atomic E-state index is 10.9. The van der Waals surface area contributed by atoms with E-state index in [1.807, 2.05) is 36.4 Å². The number of para-hydroxylation sites is 2.